The quantitative estimate of drug-likeness (QED) is 0.629. The number of thiazole rings is 1. The zero-order valence-corrected chi connectivity index (χ0v) is 17.1. The van der Waals surface area contributed by atoms with Crippen molar-refractivity contribution in [2.75, 3.05) is 7.11 Å². The number of hydrogen-bond donors (Lipinski definition) is 1. The molecule has 9 heteroatoms. The van der Waals surface area contributed by atoms with Crippen molar-refractivity contribution in [2.24, 2.45) is 0 Å². The molecule has 1 N–H and O–H groups in total. The fourth-order valence-electron chi connectivity index (χ4n) is 2.95. The van der Waals surface area contributed by atoms with Crippen LogP contribution in [-0.2, 0) is 19.3 Å². The summed E-state index contributed by atoms with van der Waals surface area (Å²) in [6.07, 6.45) is -4.41. The molecular formula is C21H19F3N2O3S. The van der Waals surface area contributed by atoms with E-state index in [1.165, 1.54) is 16.7 Å². The van der Waals surface area contributed by atoms with E-state index in [0.29, 0.717) is 17.0 Å². The summed E-state index contributed by atoms with van der Waals surface area (Å²) < 4.78 is 44.7. The maximum Gasteiger partial charge on any atom is 0.416 e. The van der Waals surface area contributed by atoms with Crippen LogP contribution in [-0.4, -0.2) is 17.6 Å². The van der Waals surface area contributed by atoms with E-state index in [0.717, 1.165) is 29.0 Å². The molecule has 2 aromatic carbocycles. The Morgan fingerprint density at radius 1 is 1.13 bits per heavy atom. The number of hydrogen-bond acceptors (Lipinski definition) is 4. The van der Waals surface area contributed by atoms with Gasteiger partial charge in [-0.2, -0.15) is 13.2 Å². The second kappa shape index (κ2) is 8.74. The molecule has 1 amide bonds. The predicted molar refractivity (Wildman–Crippen MR) is 108 cm³/mol. The van der Waals surface area contributed by atoms with Gasteiger partial charge in [-0.15, -0.1) is 0 Å². The molecule has 0 unspecified atom stereocenters. The van der Waals surface area contributed by atoms with Gasteiger partial charge in [0.1, 0.15) is 10.6 Å². The van der Waals surface area contributed by atoms with Crippen LogP contribution in [0.25, 0.3) is 0 Å². The van der Waals surface area contributed by atoms with Crippen LogP contribution in [0.1, 0.15) is 32.1 Å². The molecule has 158 valence electrons. The van der Waals surface area contributed by atoms with E-state index in [2.05, 4.69) is 5.32 Å². The smallest absolute Gasteiger partial charge is 0.416 e. The Labute approximate surface area is 174 Å². The number of amides is 1. The number of methoxy groups -OCH3 is 1. The van der Waals surface area contributed by atoms with Crippen molar-refractivity contribution in [3.8, 4) is 5.75 Å². The number of ether oxygens (including phenoxy) is 1. The zero-order chi connectivity index (χ0) is 21.9. The van der Waals surface area contributed by atoms with Gasteiger partial charge in [0.25, 0.3) is 5.91 Å². The van der Waals surface area contributed by atoms with Gasteiger partial charge >= 0.3 is 11.0 Å². The Hall–Kier alpha value is -3.07. The highest BCUT2D eigenvalue weighted by Gasteiger charge is 2.30. The zero-order valence-electron chi connectivity index (χ0n) is 16.2. The number of carbonyl (C=O) groups is 1. The third-order valence-electron chi connectivity index (χ3n) is 4.60. The number of para-hydroxylation sites is 1. The molecule has 0 bridgehead atoms. The first kappa shape index (κ1) is 21.6. The van der Waals surface area contributed by atoms with Crippen molar-refractivity contribution in [1.82, 2.24) is 9.88 Å². The Morgan fingerprint density at radius 2 is 1.80 bits per heavy atom. The van der Waals surface area contributed by atoms with Crippen molar-refractivity contribution in [3.63, 3.8) is 0 Å². The van der Waals surface area contributed by atoms with Gasteiger partial charge in [0.2, 0.25) is 0 Å². The molecule has 0 radical (unpaired) electrons. The Kier molecular flexibility index (Phi) is 6.31. The van der Waals surface area contributed by atoms with Crippen LogP contribution < -0.4 is 14.9 Å². The molecular weight excluding hydrogens is 417 g/mol. The second-order valence-corrected chi connectivity index (χ2v) is 7.52. The van der Waals surface area contributed by atoms with Crippen molar-refractivity contribution in [2.45, 2.75) is 26.2 Å². The van der Waals surface area contributed by atoms with Gasteiger partial charge in [0.15, 0.2) is 0 Å². The standard InChI is InChI=1S/C21H19F3N2O3S/c1-13-18(19(27)25-11-14-7-9-16(10-8-14)21(22,23)24)30-20(28)26(13)12-15-5-3-4-6-17(15)29-2/h3-10H,11-12H2,1-2H3,(H,25,27). The molecule has 0 atom stereocenters. The largest absolute Gasteiger partial charge is 0.496 e. The molecule has 0 aliphatic rings. The van der Waals surface area contributed by atoms with Crippen molar-refractivity contribution >= 4 is 17.2 Å². The second-order valence-electron chi connectivity index (χ2n) is 6.56. The number of rotatable bonds is 6. The number of nitrogens with zero attached hydrogens (tertiary/aromatic N) is 1. The molecule has 0 aliphatic heterocycles. The summed E-state index contributed by atoms with van der Waals surface area (Å²) in [7, 11) is 1.54. The Balaban J connectivity index is 1.73. The number of halogens is 3. The molecule has 5 nitrogen and oxygen atoms in total. The average molecular weight is 436 g/mol. The maximum atomic E-state index is 12.6. The van der Waals surface area contributed by atoms with Gasteiger partial charge in [0.05, 0.1) is 19.2 Å². The minimum atomic E-state index is -4.41. The van der Waals surface area contributed by atoms with Crippen LogP contribution >= 0.6 is 11.3 Å². The van der Waals surface area contributed by atoms with E-state index in [-0.39, 0.29) is 22.8 Å². The highest BCUT2D eigenvalue weighted by atomic mass is 32.1. The number of nitrogens with one attached hydrogen (secondary N) is 1. The highest BCUT2D eigenvalue weighted by molar-refractivity contribution is 7.11. The summed E-state index contributed by atoms with van der Waals surface area (Å²) in [6, 6.07) is 11.8. The van der Waals surface area contributed by atoms with Crippen molar-refractivity contribution < 1.29 is 22.7 Å². The minimum Gasteiger partial charge on any atom is -0.496 e. The Morgan fingerprint density at radius 3 is 2.43 bits per heavy atom. The molecule has 0 saturated carbocycles. The summed E-state index contributed by atoms with van der Waals surface area (Å²) in [4.78, 5) is 25.0. The van der Waals surface area contributed by atoms with E-state index < -0.39 is 17.6 Å². The molecule has 0 saturated heterocycles. The van der Waals surface area contributed by atoms with Crippen molar-refractivity contribution in [1.29, 1.82) is 0 Å². The molecule has 1 heterocycles. The normalized spacial score (nSPS) is 11.4. The van der Waals surface area contributed by atoms with Crippen LogP contribution in [0.15, 0.2) is 53.3 Å². The van der Waals surface area contributed by atoms with Crippen LogP contribution in [0.4, 0.5) is 13.2 Å². The van der Waals surface area contributed by atoms with E-state index in [4.69, 9.17) is 4.74 Å². The van der Waals surface area contributed by atoms with E-state index in [9.17, 15) is 22.8 Å². The number of alkyl halides is 3. The monoisotopic (exact) mass is 436 g/mol. The molecule has 0 spiro atoms. The fourth-order valence-corrected chi connectivity index (χ4v) is 3.86. The first-order valence-electron chi connectivity index (χ1n) is 8.97. The first-order valence-corrected chi connectivity index (χ1v) is 9.79. The minimum absolute atomic E-state index is 0.0506. The van der Waals surface area contributed by atoms with Gasteiger partial charge in [-0.05, 0) is 30.7 Å². The first-order chi connectivity index (χ1) is 14.2. The van der Waals surface area contributed by atoms with Gasteiger partial charge in [-0.25, -0.2) is 0 Å². The molecule has 3 aromatic rings. The molecule has 0 aliphatic carbocycles. The third kappa shape index (κ3) is 4.73. The number of carbonyl (C=O) groups excluding carboxylic acids is 1. The lowest BCUT2D eigenvalue weighted by Crippen LogP contribution is -2.23. The maximum absolute atomic E-state index is 12.6. The van der Waals surface area contributed by atoms with Crippen LogP contribution in [0.5, 0.6) is 5.75 Å². The third-order valence-corrected chi connectivity index (χ3v) is 5.68. The topological polar surface area (TPSA) is 60.3 Å². The van der Waals surface area contributed by atoms with Crippen molar-refractivity contribution in [3.05, 3.63) is 85.5 Å². The highest BCUT2D eigenvalue weighted by Crippen LogP contribution is 2.29. The van der Waals surface area contributed by atoms with E-state index in [1.807, 2.05) is 18.2 Å². The molecule has 3 rings (SSSR count). The summed E-state index contributed by atoms with van der Waals surface area (Å²) in [5.41, 5.74) is 1.09. The number of benzene rings is 2. The van der Waals surface area contributed by atoms with E-state index in [1.54, 1.807) is 20.1 Å². The van der Waals surface area contributed by atoms with Crippen LogP contribution in [0, 0.1) is 6.92 Å². The van der Waals surface area contributed by atoms with Gasteiger partial charge in [-0.1, -0.05) is 41.7 Å². The summed E-state index contributed by atoms with van der Waals surface area (Å²) in [5, 5.41) is 2.65. The summed E-state index contributed by atoms with van der Waals surface area (Å²) in [6.45, 7) is 1.99. The van der Waals surface area contributed by atoms with E-state index >= 15 is 0 Å². The van der Waals surface area contributed by atoms with Gasteiger partial charge in [0, 0.05) is 17.8 Å². The van der Waals surface area contributed by atoms with Crippen LogP contribution in [0.2, 0.25) is 0 Å². The fraction of sp³-hybridized carbons (Fsp3) is 0.238. The number of aromatic nitrogens is 1. The predicted octanol–water partition coefficient (Wildman–Crippen LogP) is 4.22. The SMILES string of the molecule is COc1ccccc1Cn1c(C)c(C(=O)NCc2ccc(C(F)(F)F)cc2)sc1=O. The average Bonchev–Trinajstić information content (AvgIpc) is 3.00. The molecule has 0 fully saturated rings. The van der Waals surface area contributed by atoms with Gasteiger partial charge in [-0.3, -0.25) is 14.2 Å². The Bertz CT molecular complexity index is 1100. The molecule has 30 heavy (non-hydrogen) atoms. The lowest BCUT2D eigenvalue weighted by atomic mass is 10.1. The van der Waals surface area contributed by atoms with Crippen LogP contribution in [0.3, 0.4) is 0 Å². The van der Waals surface area contributed by atoms with Gasteiger partial charge < -0.3 is 10.1 Å². The lowest BCUT2D eigenvalue weighted by Gasteiger charge is -2.10. The molecule has 1 aromatic heterocycles. The summed E-state index contributed by atoms with van der Waals surface area (Å²) >= 11 is 0.829. The lowest BCUT2D eigenvalue weighted by molar-refractivity contribution is -0.137. The summed E-state index contributed by atoms with van der Waals surface area (Å²) in [5.74, 6) is 0.191.